The Morgan fingerprint density at radius 3 is 2.57 bits per heavy atom. The largest absolute Gasteiger partial charge is 0.318 e. The number of anilines is 2. The van der Waals surface area contributed by atoms with Crippen LogP contribution in [-0.4, -0.2) is 22.0 Å². The average Bonchev–Trinajstić information content (AvgIpc) is 2.84. The van der Waals surface area contributed by atoms with Crippen LogP contribution in [0, 0.1) is 18.3 Å². The lowest BCUT2D eigenvalue weighted by atomic mass is 10.2. The van der Waals surface area contributed by atoms with Gasteiger partial charge in [0.1, 0.15) is 11.1 Å². The van der Waals surface area contributed by atoms with Crippen LogP contribution in [0.1, 0.15) is 10.6 Å². The summed E-state index contributed by atoms with van der Waals surface area (Å²) in [6, 6.07) is 6.21. The van der Waals surface area contributed by atoms with Gasteiger partial charge >= 0.3 is 11.8 Å². The van der Waals surface area contributed by atoms with Gasteiger partial charge in [0, 0.05) is 5.69 Å². The zero-order valence-electron chi connectivity index (χ0n) is 10.7. The van der Waals surface area contributed by atoms with E-state index in [1.807, 2.05) is 6.07 Å². The second kappa shape index (κ2) is 6.30. The fourth-order valence-corrected chi connectivity index (χ4v) is 2.18. The Balaban J connectivity index is 2.02. The van der Waals surface area contributed by atoms with Crippen molar-refractivity contribution in [3.8, 4) is 6.07 Å². The standard InChI is InChI=1S/C12H8ClN5O2S/c1-6-17-18-12(21-6)16-11(20)10(19)15-8-3-2-7(5-14)9(13)4-8/h2-4H,1H3,(H,15,19)(H,16,18,20). The lowest BCUT2D eigenvalue weighted by molar-refractivity contribution is -0.133. The van der Waals surface area contributed by atoms with E-state index in [0.29, 0.717) is 10.7 Å². The summed E-state index contributed by atoms with van der Waals surface area (Å²) < 4.78 is 0. The number of hydrogen-bond donors (Lipinski definition) is 2. The summed E-state index contributed by atoms with van der Waals surface area (Å²) in [6.45, 7) is 1.73. The molecule has 1 heterocycles. The van der Waals surface area contributed by atoms with Crippen LogP contribution in [-0.2, 0) is 9.59 Å². The third-order valence-corrected chi connectivity index (χ3v) is 3.37. The van der Waals surface area contributed by atoms with Crippen LogP contribution < -0.4 is 10.6 Å². The summed E-state index contributed by atoms with van der Waals surface area (Å²) >= 11 is 6.99. The quantitative estimate of drug-likeness (QED) is 0.822. The summed E-state index contributed by atoms with van der Waals surface area (Å²) in [6.07, 6.45) is 0. The molecule has 1 aromatic heterocycles. The minimum absolute atomic E-state index is 0.190. The summed E-state index contributed by atoms with van der Waals surface area (Å²) in [5.74, 6) is -1.74. The summed E-state index contributed by atoms with van der Waals surface area (Å²) in [5, 5.41) is 22.0. The highest BCUT2D eigenvalue weighted by Crippen LogP contribution is 2.20. The zero-order valence-corrected chi connectivity index (χ0v) is 12.2. The number of nitrogens with one attached hydrogen (secondary N) is 2. The number of carbonyl (C=O) groups excluding carboxylic acids is 2. The molecule has 0 aliphatic heterocycles. The Labute approximate surface area is 128 Å². The molecule has 0 aliphatic rings. The van der Waals surface area contributed by atoms with Crippen molar-refractivity contribution >= 4 is 45.6 Å². The van der Waals surface area contributed by atoms with Gasteiger partial charge in [0.05, 0.1) is 10.6 Å². The molecule has 2 rings (SSSR count). The van der Waals surface area contributed by atoms with Gasteiger partial charge in [-0.15, -0.1) is 10.2 Å². The fourth-order valence-electron chi connectivity index (χ4n) is 1.37. The molecule has 0 saturated carbocycles. The van der Waals surface area contributed by atoms with Gasteiger partial charge in [-0.05, 0) is 25.1 Å². The maximum atomic E-state index is 11.7. The van der Waals surface area contributed by atoms with E-state index in [0.717, 1.165) is 11.3 Å². The fraction of sp³-hybridized carbons (Fsp3) is 0.0833. The normalized spacial score (nSPS) is 9.76. The van der Waals surface area contributed by atoms with Crippen LogP contribution in [0.4, 0.5) is 10.8 Å². The molecule has 0 aliphatic carbocycles. The minimum atomic E-state index is -0.872. The smallest absolute Gasteiger partial charge is 0.315 e. The monoisotopic (exact) mass is 321 g/mol. The van der Waals surface area contributed by atoms with E-state index < -0.39 is 11.8 Å². The van der Waals surface area contributed by atoms with Gasteiger partial charge in [-0.3, -0.25) is 14.9 Å². The topological polar surface area (TPSA) is 108 Å². The molecule has 2 amide bonds. The number of hydrogen-bond acceptors (Lipinski definition) is 6. The minimum Gasteiger partial charge on any atom is -0.318 e. The first-order valence-corrected chi connectivity index (χ1v) is 6.81. The first-order chi connectivity index (χ1) is 9.99. The third kappa shape index (κ3) is 3.75. The van der Waals surface area contributed by atoms with Crippen LogP contribution in [0.15, 0.2) is 18.2 Å². The Hall–Kier alpha value is -2.50. The third-order valence-electron chi connectivity index (χ3n) is 2.30. The first-order valence-electron chi connectivity index (χ1n) is 5.61. The van der Waals surface area contributed by atoms with Crippen molar-refractivity contribution in [3.63, 3.8) is 0 Å². The first kappa shape index (κ1) is 14.9. The summed E-state index contributed by atoms with van der Waals surface area (Å²) in [5.41, 5.74) is 0.594. The van der Waals surface area contributed by atoms with Crippen LogP contribution in [0.3, 0.4) is 0 Å². The molecular weight excluding hydrogens is 314 g/mol. The molecule has 7 nitrogen and oxygen atoms in total. The molecule has 9 heteroatoms. The van der Waals surface area contributed by atoms with Crippen molar-refractivity contribution in [2.75, 3.05) is 10.6 Å². The predicted octanol–water partition coefficient (Wildman–Crippen LogP) is 1.95. The lowest BCUT2D eigenvalue weighted by Crippen LogP contribution is -2.29. The molecular formula is C12H8ClN5O2S. The number of aromatic nitrogens is 2. The number of nitrogens with zero attached hydrogens (tertiary/aromatic N) is 3. The Bertz CT molecular complexity index is 752. The maximum Gasteiger partial charge on any atom is 0.315 e. The molecule has 0 radical (unpaired) electrons. The van der Waals surface area contributed by atoms with Gasteiger partial charge in [-0.2, -0.15) is 5.26 Å². The predicted molar refractivity (Wildman–Crippen MR) is 78.1 cm³/mol. The number of benzene rings is 1. The van der Waals surface area contributed by atoms with E-state index >= 15 is 0 Å². The van der Waals surface area contributed by atoms with Gasteiger partial charge in [-0.25, -0.2) is 0 Å². The van der Waals surface area contributed by atoms with Crippen molar-refractivity contribution in [2.45, 2.75) is 6.92 Å². The van der Waals surface area contributed by atoms with E-state index in [-0.39, 0.29) is 15.7 Å². The van der Waals surface area contributed by atoms with Gasteiger partial charge < -0.3 is 5.32 Å². The van der Waals surface area contributed by atoms with E-state index in [9.17, 15) is 9.59 Å². The van der Waals surface area contributed by atoms with Crippen molar-refractivity contribution in [1.82, 2.24) is 10.2 Å². The molecule has 2 N–H and O–H groups in total. The Kier molecular flexibility index (Phi) is 4.47. The molecule has 0 bridgehead atoms. The van der Waals surface area contributed by atoms with Crippen molar-refractivity contribution in [1.29, 1.82) is 5.26 Å². The highest BCUT2D eigenvalue weighted by molar-refractivity contribution is 7.15. The van der Waals surface area contributed by atoms with E-state index in [1.54, 1.807) is 6.92 Å². The van der Waals surface area contributed by atoms with Crippen molar-refractivity contribution < 1.29 is 9.59 Å². The maximum absolute atomic E-state index is 11.7. The molecule has 0 fully saturated rings. The van der Waals surface area contributed by atoms with Gasteiger partial charge in [-0.1, -0.05) is 22.9 Å². The van der Waals surface area contributed by atoms with Crippen LogP contribution in [0.5, 0.6) is 0 Å². The van der Waals surface area contributed by atoms with E-state index in [1.165, 1.54) is 18.2 Å². The van der Waals surface area contributed by atoms with Crippen LogP contribution in [0.25, 0.3) is 0 Å². The number of rotatable bonds is 2. The SMILES string of the molecule is Cc1nnc(NC(=O)C(=O)Nc2ccc(C#N)c(Cl)c2)s1. The molecule has 1 aromatic carbocycles. The van der Waals surface area contributed by atoms with Gasteiger partial charge in [0.2, 0.25) is 5.13 Å². The highest BCUT2D eigenvalue weighted by atomic mass is 35.5. The Morgan fingerprint density at radius 1 is 1.29 bits per heavy atom. The molecule has 0 atom stereocenters. The number of aryl methyl sites for hydroxylation is 1. The number of nitriles is 1. The molecule has 21 heavy (non-hydrogen) atoms. The highest BCUT2D eigenvalue weighted by Gasteiger charge is 2.16. The summed E-state index contributed by atoms with van der Waals surface area (Å²) in [7, 11) is 0. The van der Waals surface area contributed by atoms with Crippen LogP contribution in [0.2, 0.25) is 5.02 Å². The second-order valence-electron chi connectivity index (χ2n) is 3.84. The molecule has 0 spiro atoms. The van der Waals surface area contributed by atoms with Crippen molar-refractivity contribution in [3.05, 3.63) is 33.8 Å². The number of carbonyl (C=O) groups is 2. The molecule has 0 saturated heterocycles. The lowest BCUT2D eigenvalue weighted by Gasteiger charge is -2.05. The second-order valence-corrected chi connectivity index (χ2v) is 5.43. The van der Waals surface area contributed by atoms with Crippen LogP contribution >= 0.6 is 22.9 Å². The van der Waals surface area contributed by atoms with Gasteiger partial charge in [0.15, 0.2) is 0 Å². The summed E-state index contributed by atoms with van der Waals surface area (Å²) in [4.78, 5) is 23.4. The Morgan fingerprint density at radius 2 is 2.00 bits per heavy atom. The van der Waals surface area contributed by atoms with E-state index in [4.69, 9.17) is 16.9 Å². The number of amides is 2. The zero-order chi connectivity index (χ0) is 15.4. The van der Waals surface area contributed by atoms with Gasteiger partial charge in [0.25, 0.3) is 0 Å². The molecule has 106 valence electrons. The average molecular weight is 322 g/mol. The van der Waals surface area contributed by atoms with Crippen molar-refractivity contribution in [2.24, 2.45) is 0 Å². The molecule has 2 aromatic rings. The van der Waals surface area contributed by atoms with E-state index in [2.05, 4.69) is 20.8 Å². The molecule has 0 unspecified atom stereocenters. The number of halogens is 1.